The monoisotopic (exact) mass is 424 g/mol. The standard InChI is InChI=1S/C24H25FN2O4/c1-30-19-10-7-17(15-20(19)31-2)21-22(26-12-3-4-13-26)24(29)27(23(21)28)14-11-16-5-8-18(25)9-6-16/h5-10,15H,3-4,11-14H2,1-2H3. The maximum absolute atomic E-state index is 13.4. The third-order valence-corrected chi connectivity index (χ3v) is 5.78. The van der Waals surface area contributed by atoms with Crippen LogP contribution in [0.15, 0.2) is 48.2 Å². The molecular weight excluding hydrogens is 399 g/mol. The molecule has 1 fully saturated rings. The zero-order chi connectivity index (χ0) is 22.0. The van der Waals surface area contributed by atoms with Gasteiger partial charge in [0.2, 0.25) is 0 Å². The summed E-state index contributed by atoms with van der Waals surface area (Å²) in [7, 11) is 3.09. The van der Waals surface area contributed by atoms with Crippen LogP contribution in [0.25, 0.3) is 5.57 Å². The number of hydrogen-bond donors (Lipinski definition) is 0. The van der Waals surface area contributed by atoms with E-state index in [9.17, 15) is 14.0 Å². The van der Waals surface area contributed by atoms with E-state index in [2.05, 4.69) is 0 Å². The Labute approximate surface area is 180 Å². The second-order valence-electron chi connectivity index (χ2n) is 7.63. The predicted octanol–water partition coefficient (Wildman–Crippen LogP) is 3.26. The Morgan fingerprint density at radius 3 is 2.23 bits per heavy atom. The number of benzene rings is 2. The van der Waals surface area contributed by atoms with Gasteiger partial charge in [-0.2, -0.15) is 0 Å². The fraction of sp³-hybridized carbons (Fsp3) is 0.333. The fourth-order valence-corrected chi connectivity index (χ4v) is 4.14. The normalized spacial score (nSPS) is 16.5. The summed E-state index contributed by atoms with van der Waals surface area (Å²) in [6.45, 7) is 1.73. The smallest absolute Gasteiger partial charge is 0.277 e. The average molecular weight is 424 g/mol. The topological polar surface area (TPSA) is 59.1 Å². The van der Waals surface area contributed by atoms with Crippen molar-refractivity contribution >= 4 is 17.4 Å². The SMILES string of the molecule is COc1ccc(C2=C(N3CCCC3)C(=O)N(CCc3ccc(F)cc3)C2=O)cc1OC. The minimum absolute atomic E-state index is 0.234. The summed E-state index contributed by atoms with van der Waals surface area (Å²) in [6, 6.07) is 11.4. The Bertz CT molecular complexity index is 1030. The van der Waals surface area contributed by atoms with Gasteiger partial charge in [0, 0.05) is 19.6 Å². The predicted molar refractivity (Wildman–Crippen MR) is 114 cm³/mol. The van der Waals surface area contributed by atoms with Gasteiger partial charge in [-0.25, -0.2) is 4.39 Å². The van der Waals surface area contributed by atoms with Crippen LogP contribution in [0.5, 0.6) is 11.5 Å². The molecular formula is C24H25FN2O4. The Hall–Kier alpha value is -3.35. The number of hydrogen-bond acceptors (Lipinski definition) is 5. The van der Waals surface area contributed by atoms with E-state index < -0.39 is 0 Å². The molecule has 1 saturated heterocycles. The minimum Gasteiger partial charge on any atom is -0.493 e. The molecule has 6 nitrogen and oxygen atoms in total. The van der Waals surface area contributed by atoms with Crippen LogP contribution >= 0.6 is 0 Å². The molecule has 2 aliphatic heterocycles. The second kappa shape index (κ2) is 8.79. The summed E-state index contributed by atoms with van der Waals surface area (Å²) in [5.41, 5.74) is 2.34. The number of carbonyl (C=O) groups is 2. The maximum atomic E-state index is 13.4. The molecule has 2 aromatic rings. The molecule has 0 unspecified atom stereocenters. The van der Waals surface area contributed by atoms with Crippen LogP contribution in [0.2, 0.25) is 0 Å². The van der Waals surface area contributed by atoms with Crippen molar-refractivity contribution in [1.29, 1.82) is 0 Å². The van der Waals surface area contributed by atoms with Crippen LogP contribution in [0.4, 0.5) is 4.39 Å². The van der Waals surface area contributed by atoms with Crippen LogP contribution in [-0.2, 0) is 16.0 Å². The van der Waals surface area contributed by atoms with Crippen molar-refractivity contribution in [2.24, 2.45) is 0 Å². The van der Waals surface area contributed by atoms with Gasteiger partial charge >= 0.3 is 0 Å². The molecule has 2 heterocycles. The Balaban J connectivity index is 1.67. The van der Waals surface area contributed by atoms with Crippen molar-refractivity contribution < 1.29 is 23.5 Å². The number of halogens is 1. The largest absolute Gasteiger partial charge is 0.493 e. The molecule has 0 saturated carbocycles. The minimum atomic E-state index is -0.318. The number of rotatable bonds is 7. The summed E-state index contributed by atoms with van der Waals surface area (Å²) in [5, 5.41) is 0. The van der Waals surface area contributed by atoms with E-state index in [1.165, 1.54) is 24.1 Å². The number of ether oxygens (including phenoxy) is 2. The average Bonchev–Trinajstić information content (AvgIpc) is 3.39. The van der Waals surface area contributed by atoms with E-state index in [-0.39, 0.29) is 24.2 Å². The maximum Gasteiger partial charge on any atom is 0.277 e. The molecule has 2 aliphatic rings. The van der Waals surface area contributed by atoms with Crippen molar-refractivity contribution in [2.45, 2.75) is 19.3 Å². The number of methoxy groups -OCH3 is 2. The van der Waals surface area contributed by atoms with E-state index >= 15 is 0 Å². The van der Waals surface area contributed by atoms with Gasteiger partial charge in [-0.1, -0.05) is 18.2 Å². The zero-order valence-electron chi connectivity index (χ0n) is 17.7. The van der Waals surface area contributed by atoms with Gasteiger partial charge < -0.3 is 14.4 Å². The molecule has 4 rings (SSSR count). The van der Waals surface area contributed by atoms with E-state index in [0.717, 1.165) is 31.5 Å². The van der Waals surface area contributed by atoms with Gasteiger partial charge in [-0.15, -0.1) is 0 Å². The van der Waals surface area contributed by atoms with Gasteiger partial charge in [0.25, 0.3) is 11.8 Å². The van der Waals surface area contributed by atoms with Gasteiger partial charge in [-0.05, 0) is 54.7 Å². The molecule has 0 aromatic heterocycles. The lowest BCUT2D eigenvalue weighted by molar-refractivity contribution is -0.137. The van der Waals surface area contributed by atoms with E-state index in [0.29, 0.717) is 34.8 Å². The highest BCUT2D eigenvalue weighted by molar-refractivity contribution is 6.35. The highest BCUT2D eigenvalue weighted by Crippen LogP contribution is 2.37. The first-order valence-electron chi connectivity index (χ1n) is 10.4. The first-order chi connectivity index (χ1) is 15.0. The van der Waals surface area contributed by atoms with Crippen molar-refractivity contribution in [3.05, 3.63) is 65.1 Å². The Kier molecular flexibility index (Phi) is 5.93. The van der Waals surface area contributed by atoms with E-state index in [4.69, 9.17) is 9.47 Å². The van der Waals surface area contributed by atoms with Crippen LogP contribution in [0.3, 0.4) is 0 Å². The first kappa shape index (κ1) is 20.9. The lowest BCUT2D eigenvalue weighted by Crippen LogP contribution is -2.36. The number of nitrogens with zero attached hydrogens (tertiary/aromatic N) is 2. The Morgan fingerprint density at radius 1 is 0.903 bits per heavy atom. The molecule has 0 spiro atoms. The molecule has 2 aromatic carbocycles. The van der Waals surface area contributed by atoms with Crippen LogP contribution in [-0.4, -0.2) is 55.5 Å². The molecule has 162 valence electrons. The molecule has 31 heavy (non-hydrogen) atoms. The highest BCUT2D eigenvalue weighted by Gasteiger charge is 2.42. The van der Waals surface area contributed by atoms with E-state index in [1.807, 2.05) is 4.90 Å². The summed E-state index contributed by atoms with van der Waals surface area (Å²) < 4.78 is 23.9. The van der Waals surface area contributed by atoms with Gasteiger partial charge in [0.05, 0.1) is 19.8 Å². The Morgan fingerprint density at radius 2 is 1.58 bits per heavy atom. The number of carbonyl (C=O) groups excluding carboxylic acids is 2. The lowest BCUT2D eigenvalue weighted by Gasteiger charge is -2.20. The van der Waals surface area contributed by atoms with Crippen molar-refractivity contribution in [2.75, 3.05) is 33.9 Å². The third kappa shape index (κ3) is 4.00. The molecule has 0 atom stereocenters. The molecule has 7 heteroatoms. The number of amides is 2. The molecule has 0 bridgehead atoms. The summed E-state index contributed by atoms with van der Waals surface area (Å²) in [5.74, 6) is 0.142. The second-order valence-corrected chi connectivity index (χ2v) is 7.63. The molecule has 0 N–H and O–H groups in total. The van der Waals surface area contributed by atoms with Crippen LogP contribution in [0.1, 0.15) is 24.0 Å². The van der Waals surface area contributed by atoms with Gasteiger partial charge in [-0.3, -0.25) is 14.5 Å². The lowest BCUT2D eigenvalue weighted by atomic mass is 10.0. The zero-order valence-corrected chi connectivity index (χ0v) is 17.7. The fourth-order valence-electron chi connectivity index (χ4n) is 4.14. The van der Waals surface area contributed by atoms with E-state index in [1.54, 1.807) is 37.4 Å². The molecule has 0 radical (unpaired) electrons. The number of imide groups is 1. The third-order valence-electron chi connectivity index (χ3n) is 5.78. The van der Waals surface area contributed by atoms with Crippen molar-refractivity contribution in [3.63, 3.8) is 0 Å². The number of likely N-dealkylation sites (tertiary alicyclic amines) is 1. The molecule has 2 amide bonds. The van der Waals surface area contributed by atoms with Crippen LogP contribution in [0, 0.1) is 5.82 Å². The summed E-state index contributed by atoms with van der Waals surface area (Å²) >= 11 is 0. The highest BCUT2D eigenvalue weighted by atomic mass is 19.1. The summed E-state index contributed by atoms with van der Waals surface area (Å²) in [6.07, 6.45) is 2.43. The summed E-state index contributed by atoms with van der Waals surface area (Å²) in [4.78, 5) is 30.0. The van der Waals surface area contributed by atoms with Gasteiger partial charge in [0.1, 0.15) is 11.5 Å². The van der Waals surface area contributed by atoms with Gasteiger partial charge in [0.15, 0.2) is 11.5 Å². The first-order valence-corrected chi connectivity index (χ1v) is 10.4. The molecule has 0 aliphatic carbocycles. The van der Waals surface area contributed by atoms with Crippen molar-refractivity contribution in [3.8, 4) is 11.5 Å². The quantitative estimate of drug-likeness (QED) is 0.639. The van der Waals surface area contributed by atoms with Crippen molar-refractivity contribution in [1.82, 2.24) is 9.80 Å². The van der Waals surface area contributed by atoms with Crippen LogP contribution < -0.4 is 9.47 Å².